The summed E-state index contributed by atoms with van der Waals surface area (Å²) in [6, 6.07) is 0. The highest BCUT2D eigenvalue weighted by Gasteiger charge is 2.38. The lowest BCUT2D eigenvalue weighted by molar-refractivity contribution is -0.164. The number of aromatic amines is 1. The molecule has 0 unspecified atom stereocenters. The molecule has 2 rings (SSSR count). The molecule has 1 aliphatic heterocycles. The average molecular weight is 547 g/mol. The summed E-state index contributed by atoms with van der Waals surface area (Å²) in [6.45, 7) is 11.0. The van der Waals surface area contributed by atoms with Crippen LogP contribution in [0.15, 0.2) is 27.9 Å². The van der Waals surface area contributed by atoms with Crippen LogP contribution in [0.1, 0.15) is 60.3 Å². The standard InChI is InChI=1S/C23H35N2O11P/c1-15-11-25(20(29)24-17(15)26)16-9-10-23(8,36-16)12-33-37(30,34-13-31-18(27)21(2,3)4)35-14-32-19(28)22(5,6)7/h9-11,16H,12-14H2,1-8H3,(H,24,26,29)/t16-,23+/m1/s1. The fraction of sp³-hybridized carbons (Fsp3) is 0.652. The lowest BCUT2D eigenvalue weighted by Gasteiger charge is -2.27. The first kappa shape index (κ1) is 30.7. The van der Waals surface area contributed by atoms with Crippen LogP contribution in [0.2, 0.25) is 0 Å². The highest BCUT2D eigenvalue weighted by atomic mass is 31.2. The number of esters is 2. The molecule has 2 heterocycles. The highest BCUT2D eigenvalue weighted by Crippen LogP contribution is 2.51. The Bertz CT molecular complexity index is 1150. The second kappa shape index (κ2) is 11.4. The summed E-state index contributed by atoms with van der Waals surface area (Å²) >= 11 is 0. The molecule has 0 spiro atoms. The monoisotopic (exact) mass is 546 g/mol. The smallest absolute Gasteiger partial charge is 0.437 e. The van der Waals surface area contributed by atoms with Gasteiger partial charge in [-0.05, 0) is 61.5 Å². The van der Waals surface area contributed by atoms with Gasteiger partial charge in [0.15, 0.2) is 6.23 Å². The summed E-state index contributed by atoms with van der Waals surface area (Å²) in [4.78, 5) is 50.0. The summed E-state index contributed by atoms with van der Waals surface area (Å²) in [5.41, 5.74) is -3.73. The fourth-order valence-electron chi connectivity index (χ4n) is 2.69. The first-order chi connectivity index (χ1) is 16.9. The van der Waals surface area contributed by atoms with E-state index in [1.54, 1.807) is 67.5 Å². The van der Waals surface area contributed by atoms with E-state index in [-0.39, 0.29) is 6.61 Å². The number of H-pyrrole nitrogens is 1. The number of hydrogen-bond acceptors (Lipinski definition) is 11. The molecule has 1 aromatic rings. The van der Waals surface area contributed by atoms with E-state index in [1.807, 2.05) is 0 Å². The number of rotatable bonds is 10. The van der Waals surface area contributed by atoms with Crippen LogP contribution in [0.5, 0.6) is 0 Å². The Morgan fingerprint density at radius 2 is 1.54 bits per heavy atom. The summed E-state index contributed by atoms with van der Waals surface area (Å²) in [5.74, 6) is -1.23. The third-order valence-electron chi connectivity index (χ3n) is 4.96. The van der Waals surface area contributed by atoms with E-state index < -0.39 is 67.3 Å². The lowest BCUT2D eigenvalue weighted by atomic mass is 9.98. The van der Waals surface area contributed by atoms with Gasteiger partial charge in [-0.1, -0.05) is 6.08 Å². The predicted molar refractivity (Wildman–Crippen MR) is 130 cm³/mol. The van der Waals surface area contributed by atoms with Crippen molar-refractivity contribution in [3.63, 3.8) is 0 Å². The highest BCUT2D eigenvalue weighted by molar-refractivity contribution is 7.48. The van der Waals surface area contributed by atoms with Crippen LogP contribution in [-0.2, 0) is 41.9 Å². The van der Waals surface area contributed by atoms with Crippen LogP contribution in [0.4, 0.5) is 0 Å². The largest absolute Gasteiger partial charge is 0.480 e. The molecule has 0 amide bonds. The number of phosphoric ester groups is 1. The van der Waals surface area contributed by atoms with Gasteiger partial charge in [0.25, 0.3) is 5.56 Å². The van der Waals surface area contributed by atoms with E-state index in [0.29, 0.717) is 5.56 Å². The summed E-state index contributed by atoms with van der Waals surface area (Å²) in [5, 5.41) is 0. The molecule has 14 heteroatoms. The number of carbonyl (C=O) groups is 2. The van der Waals surface area contributed by atoms with Gasteiger partial charge in [0.1, 0.15) is 5.60 Å². The Hall–Kier alpha value is -2.57. The van der Waals surface area contributed by atoms with Crippen molar-refractivity contribution in [3.05, 3.63) is 44.8 Å². The van der Waals surface area contributed by atoms with Crippen molar-refractivity contribution >= 4 is 19.8 Å². The Balaban J connectivity index is 2.09. The second-order valence-corrected chi connectivity index (χ2v) is 12.4. The zero-order chi connectivity index (χ0) is 28.2. The molecule has 0 aliphatic carbocycles. The number of aromatic nitrogens is 2. The Kier molecular flexibility index (Phi) is 9.48. The molecule has 0 radical (unpaired) electrons. The number of aryl methyl sites for hydroxylation is 1. The Morgan fingerprint density at radius 3 is 2.03 bits per heavy atom. The van der Waals surface area contributed by atoms with Crippen LogP contribution in [0.3, 0.4) is 0 Å². The lowest BCUT2D eigenvalue weighted by Crippen LogP contribution is -2.36. The Morgan fingerprint density at radius 1 is 1.03 bits per heavy atom. The van der Waals surface area contributed by atoms with E-state index in [0.717, 1.165) is 0 Å². The maximum absolute atomic E-state index is 13.2. The van der Waals surface area contributed by atoms with E-state index >= 15 is 0 Å². The van der Waals surface area contributed by atoms with Gasteiger partial charge in [-0.3, -0.25) is 28.5 Å². The number of hydrogen-bond donors (Lipinski definition) is 1. The molecule has 0 bridgehead atoms. The van der Waals surface area contributed by atoms with Gasteiger partial charge in [0.2, 0.25) is 13.6 Å². The van der Waals surface area contributed by atoms with Crippen LogP contribution < -0.4 is 11.2 Å². The third kappa shape index (κ3) is 8.75. The molecule has 0 aromatic carbocycles. The summed E-state index contributed by atoms with van der Waals surface area (Å²) < 4.78 is 45.9. The van der Waals surface area contributed by atoms with E-state index in [2.05, 4.69) is 4.98 Å². The van der Waals surface area contributed by atoms with Gasteiger partial charge >= 0.3 is 25.5 Å². The number of nitrogens with zero attached hydrogens (tertiary/aromatic N) is 1. The molecule has 1 aliphatic rings. The predicted octanol–water partition coefficient (Wildman–Crippen LogP) is 2.94. The number of carbonyl (C=O) groups excluding carboxylic acids is 2. The summed E-state index contributed by atoms with van der Waals surface area (Å²) in [6.07, 6.45) is 3.62. The molecular formula is C23H35N2O11P. The molecule has 2 atom stereocenters. The van der Waals surface area contributed by atoms with E-state index in [4.69, 9.17) is 27.8 Å². The zero-order valence-electron chi connectivity index (χ0n) is 22.3. The minimum absolute atomic E-state index is 0.308. The fourth-order valence-corrected chi connectivity index (χ4v) is 3.69. The van der Waals surface area contributed by atoms with Crippen LogP contribution in [0.25, 0.3) is 0 Å². The molecule has 0 saturated heterocycles. The zero-order valence-corrected chi connectivity index (χ0v) is 23.2. The molecule has 1 N–H and O–H groups in total. The van der Waals surface area contributed by atoms with Crippen molar-refractivity contribution < 1.29 is 41.9 Å². The minimum Gasteiger partial charge on any atom is -0.437 e. The maximum Gasteiger partial charge on any atom is 0.480 e. The van der Waals surface area contributed by atoms with Gasteiger partial charge in [-0.15, -0.1) is 0 Å². The van der Waals surface area contributed by atoms with Crippen LogP contribution >= 0.6 is 7.82 Å². The third-order valence-corrected chi connectivity index (χ3v) is 6.25. The van der Waals surface area contributed by atoms with Crippen LogP contribution in [-0.4, -0.2) is 47.3 Å². The van der Waals surface area contributed by atoms with Crippen LogP contribution in [0, 0.1) is 17.8 Å². The summed E-state index contributed by atoms with van der Waals surface area (Å²) in [7, 11) is -4.43. The van der Waals surface area contributed by atoms with Gasteiger partial charge in [0, 0.05) is 11.8 Å². The average Bonchev–Trinajstić information content (AvgIpc) is 3.16. The molecular weight excluding hydrogens is 511 g/mol. The quantitative estimate of drug-likeness (QED) is 0.199. The first-order valence-corrected chi connectivity index (χ1v) is 12.9. The van der Waals surface area contributed by atoms with Gasteiger partial charge in [-0.2, -0.15) is 0 Å². The molecule has 208 valence electrons. The SMILES string of the molecule is Cc1cn([C@H]2C=C[C@@](C)(COP(=O)(OCOC(=O)C(C)(C)C)OCOC(=O)C(C)(C)C)O2)c(=O)[nH]c1=O. The maximum atomic E-state index is 13.2. The van der Waals surface area contributed by atoms with Crippen molar-refractivity contribution in [1.82, 2.24) is 9.55 Å². The normalized spacial score (nSPS) is 20.2. The second-order valence-electron chi connectivity index (χ2n) is 10.7. The van der Waals surface area contributed by atoms with Gasteiger partial charge in [-0.25, -0.2) is 18.4 Å². The van der Waals surface area contributed by atoms with Crippen molar-refractivity contribution in [2.45, 2.75) is 67.2 Å². The number of nitrogens with one attached hydrogen (secondary N) is 1. The molecule has 0 fully saturated rings. The van der Waals surface area contributed by atoms with Crippen molar-refractivity contribution in [2.24, 2.45) is 10.8 Å². The van der Waals surface area contributed by atoms with Crippen molar-refractivity contribution in [3.8, 4) is 0 Å². The number of phosphoric acid groups is 1. The van der Waals surface area contributed by atoms with Gasteiger partial charge < -0.3 is 14.2 Å². The van der Waals surface area contributed by atoms with Crippen molar-refractivity contribution in [1.29, 1.82) is 0 Å². The Labute approximate surface area is 214 Å². The van der Waals surface area contributed by atoms with Crippen molar-refractivity contribution in [2.75, 3.05) is 20.2 Å². The molecule has 37 heavy (non-hydrogen) atoms. The molecule has 1 aromatic heterocycles. The number of ether oxygens (including phenoxy) is 3. The minimum atomic E-state index is -4.43. The first-order valence-electron chi connectivity index (χ1n) is 11.4. The van der Waals surface area contributed by atoms with E-state index in [9.17, 15) is 23.7 Å². The molecule has 0 saturated carbocycles. The van der Waals surface area contributed by atoms with E-state index in [1.165, 1.54) is 10.8 Å². The topological polar surface area (TPSA) is 161 Å². The molecule has 13 nitrogen and oxygen atoms in total. The van der Waals surface area contributed by atoms with Gasteiger partial charge in [0.05, 0.1) is 17.4 Å².